The van der Waals surface area contributed by atoms with Gasteiger partial charge >= 0.3 is 5.97 Å². The van der Waals surface area contributed by atoms with Crippen molar-refractivity contribution in [3.63, 3.8) is 0 Å². The molecule has 0 fully saturated rings. The molecule has 162 valence electrons. The molecule has 0 aliphatic rings. The number of hydrogen-bond donors (Lipinski definition) is 2. The first-order valence-corrected chi connectivity index (χ1v) is 10.8. The van der Waals surface area contributed by atoms with E-state index in [9.17, 15) is 9.90 Å². The Labute approximate surface area is 193 Å². The number of rotatable bonds is 8. The van der Waals surface area contributed by atoms with Gasteiger partial charge in [-0.15, -0.1) is 11.3 Å². The number of aromatic carboxylic acids is 1. The van der Waals surface area contributed by atoms with Crippen molar-refractivity contribution < 1.29 is 24.5 Å². The number of hydrogen-bond acceptors (Lipinski definition) is 6. The van der Waals surface area contributed by atoms with Gasteiger partial charge in [-0.05, 0) is 48.0 Å². The summed E-state index contributed by atoms with van der Waals surface area (Å²) in [5.41, 5.74) is 2.40. The van der Waals surface area contributed by atoms with Crippen LogP contribution in [0.4, 0.5) is 0 Å². The number of carbonyl (C=O) groups is 1. The summed E-state index contributed by atoms with van der Waals surface area (Å²) in [6.45, 7) is 0.581. The lowest BCUT2D eigenvalue weighted by atomic mass is 10.2. The number of carboxylic acid groups (broad SMARTS) is 1. The molecule has 3 aromatic carbocycles. The Balaban J connectivity index is 1.40. The van der Waals surface area contributed by atoms with Crippen molar-refractivity contribution in [1.29, 1.82) is 0 Å². The second kappa shape index (κ2) is 9.72. The van der Waals surface area contributed by atoms with Crippen LogP contribution in [0.5, 0.6) is 17.2 Å². The van der Waals surface area contributed by atoms with Crippen LogP contribution in [0.15, 0.2) is 72.1 Å². The molecule has 6 nitrogen and oxygen atoms in total. The van der Waals surface area contributed by atoms with E-state index in [1.54, 1.807) is 0 Å². The molecule has 2 N–H and O–H groups in total. The molecule has 32 heavy (non-hydrogen) atoms. The molecule has 4 aromatic rings. The Morgan fingerprint density at radius 2 is 1.75 bits per heavy atom. The summed E-state index contributed by atoms with van der Waals surface area (Å²) in [6.07, 6.45) is 0. The number of thiazole rings is 1. The summed E-state index contributed by atoms with van der Waals surface area (Å²) in [4.78, 5) is 15.7. The third kappa shape index (κ3) is 5.38. The average molecular weight is 468 g/mol. The number of halogens is 1. The minimum Gasteiger partial charge on any atom is -0.507 e. The van der Waals surface area contributed by atoms with Crippen LogP contribution < -0.4 is 9.47 Å². The molecule has 1 aromatic heterocycles. The Morgan fingerprint density at radius 3 is 2.56 bits per heavy atom. The van der Waals surface area contributed by atoms with Gasteiger partial charge in [-0.2, -0.15) is 0 Å². The number of aromatic nitrogens is 1. The number of benzene rings is 3. The van der Waals surface area contributed by atoms with Crippen molar-refractivity contribution in [2.24, 2.45) is 0 Å². The Kier molecular flexibility index (Phi) is 6.58. The van der Waals surface area contributed by atoms with E-state index in [1.807, 2.05) is 53.9 Å². The minimum absolute atomic E-state index is 0.172. The fraction of sp³-hybridized carbons (Fsp3) is 0.0833. The molecule has 8 heteroatoms. The number of phenols is 1. The molecule has 0 radical (unpaired) electrons. The smallest absolute Gasteiger partial charge is 0.339 e. The topological polar surface area (TPSA) is 88.9 Å². The zero-order valence-corrected chi connectivity index (χ0v) is 18.3. The molecule has 4 rings (SSSR count). The average Bonchev–Trinajstić information content (AvgIpc) is 3.26. The van der Waals surface area contributed by atoms with E-state index in [0.29, 0.717) is 23.1 Å². The lowest BCUT2D eigenvalue weighted by Gasteiger charge is -2.08. The summed E-state index contributed by atoms with van der Waals surface area (Å²) in [5.74, 6) is -0.466. The Bertz CT molecular complexity index is 1260. The first-order valence-electron chi connectivity index (χ1n) is 9.59. The summed E-state index contributed by atoms with van der Waals surface area (Å²) in [6, 6.07) is 19.3. The molecule has 0 saturated carbocycles. The van der Waals surface area contributed by atoms with Gasteiger partial charge in [-0.3, -0.25) is 0 Å². The fourth-order valence-electron chi connectivity index (χ4n) is 2.95. The van der Waals surface area contributed by atoms with Crippen LogP contribution >= 0.6 is 22.9 Å². The largest absolute Gasteiger partial charge is 0.507 e. The van der Waals surface area contributed by atoms with Gasteiger partial charge in [-0.25, -0.2) is 9.78 Å². The fourth-order valence-corrected chi connectivity index (χ4v) is 3.97. The van der Waals surface area contributed by atoms with Gasteiger partial charge in [0.05, 0.1) is 5.69 Å². The third-order valence-electron chi connectivity index (χ3n) is 4.51. The number of nitrogens with zero attached hydrogens (tertiary/aromatic N) is 1. The lowest BCUT2D eigenvalue weighted by Crippen LogP contribution is -2.00. The van der Waals surface area contributed by atoms with Crippen LogP contribution in [0.1, 0.15) is 21.6 Å². The molecule has 0 atom stereocenters. The quantitative estimate of drug-likeness (QED) is 0.329. The van der Waals surface area contributed by atoms with Gasteiger partial charge in [0.1, 0.15) is 41.0 Å². The van der Waals surface area contributed by atoms with Crippen molar-refractivity contribution in [2.75, 3.05) is 0 Å². The van der Waals surface area contributed by atoms with Crippen LogP contribution in [0.2, 0.25) is 5.02 Å². The normalized spacial score (nSPS) is 10.7. The van der Waals surface area contributed by atoms with E-state index in [4.69, 9.17) is 26.2 Å². The molecule has 0 bridgehead atoms. The maximum absolute atomic E-state index is 11.1. The number of ether oxygens (including phenoxy) is 2. The maximum atomic E-state index is 11.1. The monoisotopic (exact) mass is 467 g/mol. The van der Waals surface area contributed by atoms with E-state index in [1.165, 1.54) is 29.5 Å². The van der Waals surface area contributed by atoms with Gasteiger partial charge in [0, 0.05) is 16.0 Å². The standard InChI is InChI=1S/C24H18ClNO5S/c25-17-5-1-3-15(9-17)12-30-19-6-2-4-16(10-19)23-26-18(14-32-23)13-31-20-7-8-22(27)21(11-20)24(28)29/h1-11,14,27H,12-13H2,(H,28,29). The number of aromatic hydroxyl groups is 1. The van der Waals surface area contributed by atoms with Gasteiger partial charge in [0.2, 0.25) is 0 Å². The summed E-state index contributed by atoms with van der Waals surface area (Å²) < 4.78 is 11.5. The zero-order chi connectivity index (χ0) is 22.5. The molecule has 0 unspecified atom stereocenters. The van der Waals surface area contributed by atoms with Gasteiger partial charge in [-0.1, -0.05) is 35.9 Å². The Morgan fingerprint density at radius 1 is 0.969 bits per heavy atom. The molecular formula is C24H18ClNO5S. The van der Waals surface area contributed by atoms with Gasteiger partial charge in [0.15, 0.2) is 0 Å². The van der Waals surface area contributed by atoms with Gasteiger partial charge < -0.3 is 19.7 Å². The van der Waals surface area contributed by atoms with Crippen LogP contribution in [-0.4, -0.2) is 21.2 Å². The highest BCUT2D eigenvalue weighted by molar-refractivity contribution is 7.13. The highest BCUT2D eigenvalue weighted by atomic mass is 35.5. The second-order valence-corrected chi connectivity index (χ2v) is 8.16. The van der Waals surface area contributed by atoms with E-state index in [0.717, 1.165) is 21.9 Å². The predicted molar refractivity (Wildman–Crippen MR) is 123 cm³/mol. The van der Waals surface area contributed by atoms with Crippen molar-refractivity contribution in [1.82, 2.24) is 4.98 Å². The zero-order valence-electron chi connectivity index (χ0n) is 16.7. The highest BCUT2D eigenvalue weighted by Crippen LogP contribution is 2.29. The van der Waals surface area contributed by atoms with E-state index < -0.39 is 5.97 Å². The first-order chi connectivity index (χ1) is 15.5. The van der Waals surface area contributed by atoms with E-state index in [2.05, 4.69) is 4.98 Å². The van der Waals surface area contributed by atoms with Crippen molar-refractivity contribution in [3.8, 4) is 27.8 Å². The molecule has 0 aliphatic carbocycles. The predicted octanol–water partition coefficient (Wildman–Crippen LogP) is 6.03. The third-order valence-corrected chi connectivity index (χ3v) is 5.69. The SMILES string of the molecule is O=C(O)c1cc(OCc2csc(-c3cccc(OCc4cccc(Cl)c4)c3)n2)ccc1O. The molecule has 0 aliphatic heterocycles. The van der Waals surface area contributed by atoms with Crippen molar-refractivity contribution >= 4 is 28.9 Å². The molecule has 0 saturated heterocycles. The summed E-state index contributed by atoms with van der Waals surface area (Å²) >= 11 is 7.49. The van der Waals surface area contributed by atoms with Gasteiger partial charge in [0.25, 0.3) is 0 Å². The summed E-state index contributed by atoms with van der Waals surface area (Å²) in [7, 11) is 0. The van der Waals surface area contributed by atoms with Crippen LogP contribution in [0, 0.1) is 0 Å². The molecule has 0 spiro atoms. The second-order valence-electron chi connectivity index (χ2n) is 6.86. The van der Waals surface area contributed by atoms with Crippen molar-refractivity contribution in [3.05, 3.63) is 94.0 Å². The van der Waals surface area contributed by atoms with Crippen LogP contribution in [-0.2, 0) is 13.2 Å². The molecular weight excluding hydrogens is 450 g/mol. The molecule has 0 amide bonds. The van der Waals surface area contributed by atoms with Crippen LogP contribution in [0.3, 0.4) is 0 Å². The first kappa shape index (κ1) is 21.7. The maximum Gasteiger partial charge on any atom is 0.339 e. The van der Waals surface area contributed by atoms with Crippen LogP contribution in [0.25, 0.3) is 10.6 Å². The lowest BCUT2D eigenvalue weighted by molar-refractivity contribution is 0.0693. The minimum atomic E-state index is -1.22. The summed E-state index contributed by atoms with van der Waals surface area (Å²) in [5, 5.41) is 22.1. The van der Waals surface area contributed by atoms with E-state index >= 15 is 0 Å². The van der Waals surface area contributed by atoms with Crippen molar-refractivity contribution in [2.45, 2.75) is 13.2 Å². The number of carboxylic acids is 1. The Hall–Kier alpha value is -3.55. The van der Waals surface area contributed by atoms with E-state index in [-0.39, 0.29) is 17.9 Å². The molecule has 1 heterocycles. The highest BCUT2D eigenvalue weighted by Gasteiger charge is 2.12.